The molecule has 0 bridgehead atoms. The van der Waals surface area contributed by atoms with E-state index in [1.165, 1.54) is 19.3 Å². The van der Waals surface area contributed by atoms with Crippen LogP contribution < -0.4 is 0 Å². The van der Waals surface area contributed by atoms with E-state index < -0.39 is 72.3 Å². The molecule has 0 radical (unpaired) electrons. The Labute approximate surface area is 333 Å². The van der Waals surface area contributed by atoms with Gasteiger partial charge in [-0.2, -0.15) is 0 Å². The molecule has 0 spiro atoms. The average Bonchev–Trinajstić information content (AvgIpc) is 3.50. The van der Waals surface area contributed by atoms with Gasteiger partial charge in [0.25, 0.3) is 0 Å². The number of carbonyl (C=O) groups is 3. The zero-order valence-electron chi connectivity index (χ0n) is 33.5. The van der Waals surface area contributed by atoms with Gasteiger partial charge < -0.3 is 34.4 Å². The fourth-order valence-electron chi connectivity index (χ4n) is 5.72. The standard InChI is InChI=1S/C39H68O15P2/c1-4-6-13-20-33(40)24-25-36-32(23-26-37(36)42)19-15-11-12-17-22-39(44)54-35(30-53-56(48,49)52-28-34(41)27-51-55(45,46)47)29-50-38(43)21-16-10-8-7-9-14-18-31(3)5-2/h11,15,23-26,31-36,40-41H,4-10,12-14,16-22,27-30H2,1-3H3,(H,48,49)(H2,45,46,47)/b15-11-,25-24+/t31?,32-,33-,34-,35+,36+/m0/s1. The van der Waals surface area contributed by atoms with Crippen LogP contribution in [0.15, 0.2) is 36.5 Å². The summed E-state index contributed by atoms with van der Waals surface area (Å²) in [5.41, 5.74) is 0. The largest absolute Gasteiger partial charge is 0.472 e. The number of ketones is 1. The van der Waals surface area contributed by atoms with E-state index in [1.54, 1.807) is 18.2 Å². The Hall–Kier alpha value is -2.03. The molecule has 0 heterocycles. The molecular weight excluding hydrogens is 770 g/mol. The predicted octanol–water partition coefficient (Wildman–Crippen LogP) is 7.20. The van der Waals surface area contributed by atoms with Crippen molar-refractivity contribution in [2.75, 3.05) is 26.4 Å². The molecule has 0 aliphatic heterocycles. The second kappa shape index (κ2) is 30.1. The Bertz CT molecular complexity index is 1300. The Balaban J connectivity index is 2.60. The van der Waals surface area contributed by atoms with Gasteiger partial charge in [-0.25, -0.2) is 9.13 Å². The first-order chi connectivity index (χ1) is 26.5. The molecule has 324 valence electrons. The summed E-state index contributed by atoms with van der Waals surface area (Å²) in [5, 5.41) is 19.9. The van der Waals surface area contributed by atoms with E-state index in [0.29, 0.717) is 32.1 Å². The smallest absolute Gasteiger partial charge is 0.462 e. The molecule has 0 saturated heterocycles. The lowest BCUT2D eigenvalue weighted by Crippen LogP contribution is -2.29. The van der Waals surface area contributed by atoms with Gasteiger partial charge in [0.15, 0.2) is 11.9 Å². The van der Waals surface area contributed by atoms with Crippen molar-refractivity contribution in [1.29, 1.82) is 0 Å². The lowest BCUT2D eigenvalue weighted by Gasteiger charge is -2.20. The zero-order valence-corrected chi connectivity index (χ0v) is 35.3. The first-order valence-electron chi connectivity index (χ1n) is 20.1. The van der Waals surface area contributed by atoms with Crippen LogP contribution in [0.1, 0.15) is 130 Å². The van der Waals surface area contributed by atoms with E-state index in [2.05, 4.69) is 29.8 Å². The number of aliphatic hydroxyl groups excluding tert-OH is 2. The number of phosphoric ester groups is 2. The van der Waals surface area contributed by atoms with Crippen molar-refractivity contribution < 1.29 is 71.5 Å². The maximum Gasteiger partial charge on any atom is 0.472 e. The van der Waals surface area contributed by atoms with E-state index >= 15 is 0 Å². The third kappa shape index (κ3) is 27.6. The molecule has 5 N–H and O–H groups in total. The normalized spacial score (nSPS) is 19.3. The minimum absolute atomic E-state index is 0.0000795. The maximum atomic E-state index is 12.7. The Kier molecular flexibility index (Phi) is 27.9. The van der Waals surface area contributed by atoms with Gasteiger partial charge in [-0.05, 0) is 50.0 Å². The number of aliphatic hydroxyl groups is 2. The molecular formula is C39H68O15P2. The van der Waals surface area contributed by atoms with E-state index in [0.717, 1.165) is 50.9 Å². The summed E-state index contributed by atoms with van der Waals surface area (Å²) in [6, 6.07) is 0. The van der Waals surface area contributed by atoms with Gasteiger partial charge in [-0.3, -0.25) is 28.0 Å². The van der Waals surface area contributed by atoms with Crippen LogP contribution >= 0.6 is 15.6 Å². The highest BCUT2D eigenvalue weighted by Crippen LogP contribution is 2.44. The topological polar surface area (TPSA) is 233 Å². The summed E-state index contributed by atoms with van der Waals surface area (Å²) in [6.45, 7) is 3.65. The Morgan fingerprint density at radius 1 is 0.804 bits per heavy atom. The fraction of sp³-hybridized carbons (Fsp3) is 0.769. The zero-order chi connectivity index (χ0) is 41.8. The monoisotopic (exact) mass is 838 g/mol. The molecule has 56 heavy (non-hydrogen) atoms. The highest BCUT2D eigenvalue weighted by molar-refractivity contribution is 7.47. The SMILES string of the molecule is CCCCC[C@H](O)/C=C/[C@H]1C(=O)C=C[C@@H]1C/C=C\CCCC(=O)O[C@H](COC(=O)CCCCCCCCC(C)CC)COP(=O)(O)OC[C@@H](O)COP(=O)(O)O. The summed E-state index contributed by atoms with van der Waals surface area (Å²) in [4.78, 5) is 65.0. The lowest BCUT2D eigenvalue weighted by molar-refractivity contribution is -0.161. The third-order valence-corrected chi connectivity index (χ3v) is 10.7. The number of hydrogen-bond acceptors (Lipinski definition) is 12. The summed E-state index contributed by atoms with van der Waals surface area (Å²) >= 11 is 0. The molecule has 17 heteroatoms. The molecule has 0 amide bonds. The summed E-state index contributed by atoms with van der Waals surface area (Å²) in [5.74, 6) is -0.814. The highest BCUT2D eigenvalue weighted by Gasteiger charge is 2.29. The van der Waals surface area contributed by atoms with Gasteiger partial charge in [-0.15, -0.1) is 0 Å². The van der Waals surface area contributed by atoms with Crippen LogP contribution in [0.25, 0.3) is 0 Å². The molecule has 0 fully saturated rings. The molecule has 0 aromatic rings. The summed E-state index contributed by atoms with van der Waals surface area (Å²) in [7, 11) is -9.74. The second-order valence-corrected chi connectivity index (χ2v) is 17.2. The number of esters is 2. The summed E-state index contributed by atoms with van der Waals surface area (Å²) in [6.07, 6.45) is 21.0. The van der Waals surface area contributed by atoms with Gasteiger partial charge in [0, 0.05) is 18.8 Å². The van der Waals surface area contributed by atoms with Crippen molar-refractivity contribution in [3.05, 3.63) is 36.5 Å². The number of carbonyl (C=O) groups excluding carboxylic acids is 3. The van der Waals surface area contributed by atoms with E-state index in [-0.39, 0.29) is 30.5 Å². The van der Waals surface area contributed by atoms with Crippen molar-refractivity contribution in [2.24, 2.45) is 17.8 Å². The van der Waals surface area contributed by atoms with E-state index in [1.807, 2.05) is 18.2 Å². The van der Waals surface area contributed by atoms with Crippen molar-refractivity contribution in [1.82, 2.24) is 0 Å². The Morgan fingerprint density at radius 3 is 2.14 bits per heavy atom. The number of ether oxygens (including phenoxy) is 2. The van der Waals surface area contributed by atoms with Gasteiger partial charge in [0.1, 0.15) is 12.7 Å². The molecule has 1 aliphatic carbocycles. The number of unbranched alkanes of at least 4 members (excludes halogenated alkanes) is 8. The van der Waals surface area contributed by atoms with Gasteiger partial charge in [0.05, 0.1) is 25.9 Å². The van der Waals surface area contributed by atoms with Crippen molar-refractivity contribution >= 4 is 33.4 Å². The maximum absolute atomic E-state index is 12.7. The van der Waals surface area contributed by atoms with Crippen molar-refractivity contribution in [3.63, 3.8) is 0 Å². The Morgan fingerprint density at radius 2 is 1.45 bits per heavy atom. The predicted molar refractivity (Wildman–Crippen MR) is 211 cm³/mol. The summed E-state index contributed by atoms with van der Waals surface area (Å²) < 4.78 is 47.6. The molecule has 7 atom stereocenters. The molecule has 15 nitrogen and oxygen atoms in total. The highest BCUT2D eigenvalue weighted by atomic mass is 31.2. The van der Waals surface area contributed by atoms with Crippen LogP contribution in [0.5, 0.6) is 0 Å². The quantitative estimate of drug-likeness (QED) is 0.0187. The second-order valence-electron chi connectivity index (χ2n) is 14.5. The lowest BCUT2D eigenvalue weighted by atomic mass is 9.90. The average molecular weight is 839 g/mol. The van der Waals surface area contributed by atoms with Crippen LogP contribution in [0.3, 0.4) is 0 Å². The first-order valence-corrected chi connectivity index (χ1v) is 23.2. The van der Waals surface area contributed by atoms with Crippen LogP contribution in [-0.2, 0) is 46.6 Å². The van der Waals surface area contributed by atoms with E-state index in [4.69, 9.17) is 23.8 Å². The molecule has 1 aliphatic rings. The first kappa shape index (κ1) is 52.0. The van der Waals surface area contributed by atoms with Crippen LogP contribution in [0.4, 0.5) is 0 Å². The number of rotatable bonds is 34. The van der Waals surface area contributed by atoms with Gasteiger partial charge in [0.2, 0.25) is 0 Å². The van der Waals surface area contributed by atoms with Crippen LogP contribution in [0, 0.1) is 17.8 Å². The molecule has 2 unspecified atom stereocenters. The molecule has 0 aromatic heterocycles. The van der Waals surface area contributed by atoms with Crippen molar-refractivity contribution in [2.45, 2.75) is 148 Å². The number of phosphoric acid groups is 2. The van der Waals surface area contributed by atoms with Gasteiger partial charge >= 0.3 is 27.6 Å². The third-order valence-electron chi connectivity index (χ3n) is 9.31. The van der Waals surface area contributed by atoms with E-state index in [9.17, 15) is 38.6 Å². The fourth-order valence-corrected chi connectivity index (χ4v) is 6.88. The van der Waals surface area contributed by atoms with Crippen molar-refractivity contribution in [3.8, 4) is 0 Å². The molecule has 1 rings (SSSR count). The molecule has 0 saturated carbocycles. The number of allylic oxidation sites excluding steroid dienone is 5. The van der Waals surface area contributed by atoms with Crippen LogP contribution in [0.2, 0.25) is 0 Å². The van der Waals surface area contributed by atoms with Crippen LogP contribution in [-0.4, -0.2) is 87.4 Å². The minimum Gasteiger partial charge on any atom is -0.462 e. The van der Waals surface area contributed by atoms with Gasteiger partial charge in [-0.1, -0.05) is 115 Å². The number of hydrogen-bond donors (Lipinski definition) is 5. The molecule has 0 aromatic carbocycles. The minimum atomic E-state index is -4.89.